The van der Waals surface area contributed by atoms with Crippen molar-refractivity contribution < 1.29 is 18.3 Å². The first-order valence-corrected chi connectivity index (χ1v) is 7.70. The summed E-state index contributed by atoms with van der Waals surface area (Å²) in [7, 11) is -3.60. The van der Waals surface area contributed by atoms with Gasteiger partial charge in [-0.05, 0) is 31.0 Å². The van der Waals surface area contributed by atoms with Gasteiger partial charge in [0.15, 0.2) is 0 Å². The van der Waals surface area contributed by atoms with E-state index in [9.17, 15) is 13.2 Å². The Bertz CT molecular complexity index is 752. The smallest absolute Gasteiger partial charge is 0.335 e. The highest BCUT2D eigenvalue weighted by molar-refractivity contribution is 7.89. The van der Waals surface area contributed by atoms with Crippen molar-refractivity contribution in [3.05, 3.63) is 47.3 Å². The van der Waals surface area contributed by atoms with Gasteiger partial charge in [-0.2, -0.15) is 5.10 Å². The molecule has 1 heterocycles. The van der Waals surface area contributed by atoms with Crippen molar-refractivity contribution >= 4 is 16.0 Å². The van der Waals surface area contributed by atoms with Crippen LogP contribution in [-0.4, -0.2) is 36.2 Å². The van der Waals surface area contributed by atoms with Crippen molar-refractivity contribution in [1.29, 1.82) is 0 Å². The minimum atomic E-state index is -3.60. The summed E-state index contributed by atoms with van der Waals surface area (Å²) in [5.74, 6) is -1.01. The van der Waals surface area contributed by atoms with Crippen molar-refractivity contribution in [2.75, 3.05) is 6.54 Å². The van der Waals surface area contributed by atoms with Crippen LogP contribution in [0.2, 0.25) is 0 Å². The van der Waals surface area contributed by atoms with Gasteiger partial charge in [0.2, 0.25) is 10.0 Å². The minimum Gasteiger partial charge on any atom is -0.478 e. The van der Waals surface area contributed by atoms with E-state index in [1.165, 1.54) is 18.3 Å². The Hall–Kier alpha value is -2.19. The highest BCUT2D eigenvalue weighted by atomic mass is 32.2. The van der Waals surface area contributed by atoms with E-state index in [2.05, 4.69) is 14.9 Å². The van der Waals surface area contributed by atoms with Gasteiger partial charge in [-0.3, -0.25) is 5.10 Å². The number of sulfonamides is 1. The first kappa shape index (κ1) is 15.2. The monoisotopic (exact) mass is 309 g/mol. The van der Waals surface area contributed by atoms with E-state index in [4.69, 9.17) is 5.11 Å². The van der Waals surface area contributed by atoms with Crippen LogP contribution in [0.1, 0.15) is 21.6 Å². The summed E-state index contributed by atoms with van der Waals surface area (Å²) in [5, 5.41) is 15.1. The van der Waals surface area contributed by atoms with E-state index < -0.39 is 16.0 Å². The van der Waals surface area contributed by atoms with E-state index in [1.54, 1.807) is 19.1 Å². The molecular weight excluding hydrogens is 294 g/mol. The number of nitrogens with one attached hydrogen (secondary N) is 2. The number of carboxylic acid groups (broad SMARTS) is 1. The number of aromatic nitrogens is 2. The molecule has 21 heavy (non-hydrogen) atoms. The second-order valence-electron chi connectivity index (χ2n) is 4.51. The van der Waals surface area contributed by atoms with Gasteiger partial charge in [-0.25, -0.2) is 17.9 Å². The van der Waals surface area contributed by atoms with Gasteiger partial charge in [-0.1, -0.05) is 12.1 Å². The molecule has 0 aliphatic carbocycles. The van der Waals surface area contributed by atoms with Crippen LogP contribution in [0.25, 0.3) is 0 Å². The summed E-state index contributed by atoms with van der Waals surface area (Å²) in [5.41, 5.74) is 1.40. The average Bonchev–Trinajstić information content (AvgIpc) is 2.86. The molecule has 0 unspecified atom stereocenters. The van der Waals surface area contributed by atoms with Crippen molar-refractivity contribution in [2.24, 2.45) is 0 Å². The highest BCUT2D eigenvalue weighted by Gasteiger charge is 2.17. The number of rotatable bonds is 6. The van der Waals surface area contributed by atoms with Gasteiger partial charge in [0.05, 0.1) is 17.5 Å². The van der Waals surface area contributed by atoms with Crippen LogP contribution in [-0.2, 0) is 16.4 Å². The van der Waals surface area contributed by atoms with Gasteiger partial charge < -0.3 is 5.11 Å². The van der Waals surface area contributed by atoms with Crippen LogP contribution in [0.4, 0.5) is 0 Å². The zero-order valence-electron chi connectivity index (χ0n) is 11.3. The summed E-state index contributed by atoms with van der Waals surface area (Å²) in [6.45, 7) is 1.80. The second kappa shape index (κ2) is 6.06. The molecular formula is C13H15N3O4S. The molecule has 0 aliphatic heterocycles. The molecule has 0 atom stereocenters. The Labute approximate surface area is 122 Å². The first-order chi connectivity index (χ1) is 9.90. The lowest BCUT2D eigenvalue weighted by atomic mass is 10.1. The van der Waals surface area contributed by atoms with E-state index in [0.717, 1.165) is 5.56 Å². The summed E-state index contributed by atoms with van der Waals surface area (Å²) in [6, 6.07) is 6.40. The number of hydrogen-bond donors (Lipinski definition) is 3. The van der Waals surface area contributed by atoms with Crippen molar-refractivity contribution in [3.8, 4) is 0 Å². The van der Waals surface area contributed by atoms with Gasteiger partial charge in [0, 0.05) is 6.54 Å². The maximum absolute atomic E-state index is 12.0. The maximum Gasteiger partial charge on any atom is 0.335 e. The number of benzene rings is 1. The lowest BCUT2D eigenvalue weighted by molar-refractivity contribution is 0.0696. The van der Waals surface area contributed by atoms with Gasteiger partial charge in [0.1, 0.15) is 4.90 Å². The molecule has 0 aliphatic rings. The largest absolute Gasteiger partial charge is 0.478 e. The Morgan fingerprint density at radius 1 is 1.43 bits per heavy atom. The molecule has 0 spiro atoms. The van der Waals surface area contributed by atoms with Crippen LogP contribution in [0.15, 0.2) is 35.4 Å². The van der Waals surface area contributed by atoms with Crippen molar-refractivity contribution in [2.45, 2.75) is 18.2 Å². The van der Waals surface area contributed by atoms with Crippen LogP contribution < -0.4 is 4.72 Å². The lowest BCUT2D eigenvalue weighted by Crippen LogP contribution is -2.26. The lowest BCUT2D eigenvalue weighted by Gasteiger charge is -2.06. The molecule has 0 saturated carbocycles. The van der Waals surface area contributed by atoms with Crippen LogP contribution in [0.5, 0.6) is 0 Å². The molecule has 2 aromatic rings. The zero-order chi connectivity index (χ0) is 15.5. The maximum atomic E-state index is 12.0. The summed E-state index contributed by atoms with van der Waals surface area (Å²) >= 11 is 0. The number of nitrogens with zero attached hydrogens (tertiary/aromatic N) is 1. The number of aromatic carboxylic acids is 1. The van der Waals surface area contributed by atoms with Crippen molar-refractivity contribution in [3.63, 3.8) is 0 Å². The third-order valence-electron chi connectivity index (χ3n) is 2.95. The molecule has 0 radical (unpaired) electrons. The van der Waals surface area contributed by atoms with Crippen LogP contribution >= 0.6 is 0 Å². The quantitative estimate of drug-likeness (QED) is 0.735. The molecule has 1 aromatic heterocycles. The fraction of sp³-hybridized carbons (Fsp3) is 0.231. The van der Waals surface area contributed by atoms with E-state index in [1.807, 2.05) is 0 Å². The van der Waals surface area contributed by atoms with E-state index in [-0.39, 0.29) is 17.0 Å². The first-order valence-electron chi connectivity index (χ1n) is 6.22. The number of H-pyrrole nitrogens is 1. The fourth-order valence-corrected chi connectivity index (χ4v) is 3.04. The van der Waals surface area contributed by atoms with Crippen molar-refractivity contribution in [1.82, 2.24) is 14.9 Å². The third kappa shape index (κ3) is 3.67. The predicted octanol–water partition coefficient (Wildman–Crippen LogP) is 0.937. The molecule has 1 aromatic carbocycles. The summed E-state index contributed by atoms with van der Waals surface area (Å²) in [6.07, 6.45) is 1.65. The van der Waals surface area contributed by atoms with Crippen LogP contribution in [0.3, 0.4) is 0 Å². The molecule has 0 bridgehead atoms. The third-order valence-corrected chi connectivity index (χ3v) is 4.53. The van der Waals surface area contributed by atoms with Gasteiger partial charge >= 0.3 is 5.97 Å². The number of carbonyl (C=O) groups is 1. The molecule has 7 nitrogen and oxygen atoms in total. The Kier molecular flexibility index (Phi) is 4.39. The molecule has 112 valence electrons. The summed E-state index contributed by atoms with van der Waals surface area (Å²) < 4.78 is 26.5. The SMILES string of the molecule is Cc1[nH]ncc1S(=O)(=O)NCCc1cccc(C(=O)O)c1. The highest BCUT2D eigenvalue weighted by Crippen LogP contribution is 2.11. The Balaban J connectivity index is 2.00. The normalized spacial score (nSPS) is 11.5. The molecule has 2 rings (SSSR count). The standard InChI is InChI=1S/C13H15N3O4S/c1-9-12(8-14-16-9)21(19,20)15-6-5-10-3-2-4-11(7-10)13(17)18/h2-4,7-8,15H,5-6H2,1H3,(H,14,16)(H,17,18). The van der Waals surface area contributed by atoms with E-state index >= 15 is 0 Å². The Morgan fingerprint density at radius 3 is 2.81 bits per heavy atom. The van der Waals surface area contributed by atoms with Gasteiger partial charge in [0.25, 0.3) is 0 Å². The number of aromatic amines is 1. The van der Waals surface area contributed by atoms with Crippen LogP contribution in [0, 0.1) is 6.92 Å². The zero-order valence-corrected chi connectivity index (χ0v) is 12.1. The number of aryl methyl sites for hydroxylation is 1. The molecule has 0 saturated heterocycles. The molecule has 8 heteroatoms. The number of carboxylic acids is 1. The number of hydrogen-bond acceptors (Lipinski definition) is 4. The molecule has 3 N–H and O–H groups in total. The molecule has 0 amide bonds. The average molecular weight is 309 g/mol. The topological polar surface area (TPSA) is 112 Å². The second-order valence-corrected chi connectivity index (χ2v) is 6.25. The Morgan fingerprint density at radius 2 is 2.19 bits per heavy atom. The van der Waals surface area contributed by atoms with E-state index in [0.29, 0.717) is 12.1 Å². The molecule has 0 fully saturated rings. The minimum absolute atomic E-state index is 0.113. The van der Waals surface area contributed by atoms with Gasteiger partial charge in [-0.15, -0.1) is 0 Å². The fourth-order valence-electron chi connectivity index (χ4n) is 1.88. The summed E-state index contributed by atoms with van der Waals surface area (Å²) in [4.78, 5) is 11.0. The predicted molar refractivity (Wildman–Crippen MR) is 75.6 cm³/mol.